The Morgan fingerprint density at radius 3 is 2.90 bits per heavy atom. The van der Waals surface area contributed by atoms with Crippen LogP contribution >= 0.6 is 15.9 Å². The average molecular weight is 359 g/mol. The normalized spacial score (nSPS) is 11.7. The Bertz CT molecular complexity index is 684. The van der Waals surface area contributed by atoms with Crippen molar-refractivity contribution in [1.29, 1.82) is 0 Å². The van der Waals surface area contributed by atoms with Gasteiger partial charge in [0.2, 0.25) is 10.0 Å². The number of benzene rings is 1. The lowest BCUT2D eigenvalue weighted by Crippen LogP contribution is -2.24. The number of hydrogen-bond donors (Lipinski definition) is 1. The van der Waals surface area contributed by atoms with Crippen LogP contribution in [0.5, 0.6) is 0 Å². The Balaban J connectivity index is 1.99. The van der Waals surface area contributed by atoms with Crippen molar-refractivity contribution < 1.29 is 8.42 Å². The molecule has 0 aliphatic heterocycles. The zero-order valence-corrected chi connectivity index (χ0v) is 13.4. The number of nitrogens with one attached hydrogen (secondary N) is 1. The van der Waals surface area contributed by atoms with Crippen molar-refractivity contribution in [3.8, 4) is 0 Å². The largest absolute Gasteiger partial charge is 0.248 e. The van der Waals surface area contributed by atoms with Crippen LogP contribution < -0.4 is 4.72 Å². The second-order valence-corrected chi connectivity index (χ2v) is 7.27. The van der Waals surface area contributed by atoms with E-state index < -0.39 is 10.0 Å². The molecule has 1 aromatic carbocycles. The van der Waals surface area contributed by atoms with Gasteiger partial charge in [-0.25, -0.2) is 17.8 Å². The van der Waals surface area contributed by atoms with Gasteiger partial charge < -0.3 is 0 Å². The lowest BCUT2D eigenvalue weighted by molar-refractivity contribution is 0.581. The molecule has 1 aromatic heterocycles. The maximum atomic E-state index is 11.3. The summed E-state index contributed by atoms with van der Waals surface area (Å²) < 4.78 is 27.8. The molecule has 0 atom stereocenters. The Hall–Kier alpha value is -1.25. The van der Waals surface area contributed by atoms with E-state index in [4.69, 9.17) is 0 Å². The number of aromatic nitrogens is 3. The second-order valence-electron chi connectivity index (χ2n) is 4.26. The van der Waals surface area contributed by atoms with E-state index in [0.29, 0.717) is 12.2 Å². The maximum Gasteiger partial charge on any atom is 0.211 e. The van der Waals surface area contributed by atoms with Crippen molar-refractivity contribution in [3.63, 3.8) is 0 Å². The third-order valence-corrected chi connectivity index (χ3v) is 4.51. The van der Waals surface area contributed by atoms with Crippen molar-refractivity contribution in [1.82, 2.24) is 19.7 Å². The monoisotopic (exact) mass is 358 g/mol. The fourth-order valence-electron chi connectivity index (χ4n) is 1.61. The van der Waals surface area contributed by atoms with Crippen LogP contribution in [0.15, 0.2) is 34.9 Å². The minimum Gasteiger partial charge on any atom is -0.248 e. The molecule has 108 valence electrons. The minimum atomic E-state index is -3.21. The number of sulfonamides is 1. The number of halogens is 1. The highest BCUT2D eigenvalue weighted by Gasteiger charge is 2.08. The summed E-state index contributed by atoms with van der Waals surface area (Å²) in [6, 6.07) is 7.90. The van der Waals surface area contributed by atoms with Gasteiger partial charge in [-0.15, -0.1) is 5.10 Å². The van der Waals surface area contributed by atoms with Gasteiger partial charge in [0.1, 0.15) is 0 Å². The van der Waals surface area contributed by atoms with E-state index in [2.05, 4.69) is 31.0 Å². The molecule has 2 aromatic rings. The Morgan fingerprint density at radius 2 is 2.20 bits per heavy atom. The smallest absolute Gasteiger partial charge is 0.211 e. The molecule has 0 spiro atoms. The average Bonchev–Trinajstić information content (AvgIpc) is 2.84. The zero-order valence-electron chi connectivity index (χ0n) is 11.0. The summed E-state index contributed by atoms with van der Waals surface area (Å²) >= 11 is 3.41. The lowest BCUT2D eigenvalue weighted by atomic mass is 10.2. The number of hydrogen-bond acceptors (Lipinski definition) is 4. The predicted molar refractivity (Wildman–Crippen MR) is 79.6 cm³/mol. The topological polar surface area (TPSA) is 76.9 Å². The van der Waals surface area contributed by atoms with Gasteiger partial charge >= 0.3 is 0 Å². The fourth-order valence-corrected chi connectivity index (χ4v) is 2.62. The summed E-state index contributed by atoms with van der Waals surface area (Å²) in [4.78, 5) is 0. The molecule has 6 nitrogen and oxygen atoms in total. The molecule has 20 heavy (non-hydrogen) atoms. The van der Waals surface area contributed by atoms with E-state index in [1.807, 2.05) is 24.3 Å². The molecular weight excluding hydrogens is 344 g/mol. The molecule has 0 radical (unpaired) electrons. The van der Waals surface area contributed by atoms with E-state index in [0.717, 1.165) is 10.0 Å². The van der Waals surface area contributed by atoms with Gasteiger partial charge in [0, 0.05) is 4.47 Å². The van der Waals surface area contributed by atoms with Gasteiger partial charge in [0.25, 0.3) is 0 Å². The standard InChI is InChI=1S/C12H15BrN4O2S/c1-2-20(18,19)14-7-12-9-17(16-15-12)8-10-4-3-5-11(13)6-10/h3-6,9,14H,2,7-8H2,1H3. The molecule has 0 amide bonds. The molecule has 0 bridgehead atoms. The summed E-state index contributed by atoms with van der Waals surface area (Å²) in [7, 11) is -3.21. The van der Waals surface area contributed by atoms with Gasteiger partial charge in [-0.3, -0.25) is 0 Å². The van der Waals surface area contributed by atoms with Crippen LogP contribution in [-0.2, 0) is 23.1 Å². The first-order chi connectivity index (χ1) is 9.48. The quantitative estimate of drug-likeness (QED) is 0.849. The van der Waals surface area contributed by atoms with Crippen molar-refractivity contribution in [3.05, 3.63) is 46.2 Å². The van der Waals surface area contributed by atoms with Crippen LogP contribution in [0.2, 0.25) is 0 Å². The van der Waals surface area contributed by atoms with E-state index in [-0.39, 0.29) is 12.3 Å². The highest BCUT2D eigenvalue weighted by atomic mass is 79.9. The van der Waals surface area contributed by atoms with E-state index in [9.17, 15) is 8.42 Å². The molecule has 0 fully saturated rings. The van der Waals surface area contributed by atoms with Crippen LogP contribution in [0.25, 0.3) is 0 Å². The first-order valence-corrected chi connectivity index (χ1v) is 8.54. The molecule has 0 unspecified atom stereocenters. The van der Waals surface area contributed by atoms with Crippen molar-refractivity contribution >= 4 is 26.0 Å². The summed E-state index contributed by atoms with van der Waals surface area (Å²) in [5, 5.41) is 7.93. The number of rotatable bonds is 6. The van der Waals surface area contributed by atoms with Crippen molar-refractivity contribution in [2.75, 3.05) is 5.75 Å². The van der Waals surface area contributed by atoms with Gasteiger partial charge in [-0.05, 0) is 24.6 Å². The molecule has 1 N–H and O–H groups in total. The molecule has 0 saturated carbocycles. The van der Waals surface area contributed by atoms with Crippen molar-refractivity contribution in [2.45, 2.75) is 20.0 Å². The van der Waals surface area contributed by atoms with Gasteiger partial charge in [0.15, 0.2) is 0 Å². The Labute approximate surface area is 126 Å². The lowest BCUT2D eigenvalue weighted by Gasteiger charge is -2.01. The second kappa shape index (κ2) is 6.47. The summed E-state index contributed by atoms with van der Waals surface area (Å²) in [6.07, 6.45) is 1.74. The van der Waals surface area contributed by atoms with Crippen LogP contribution in [0, 0.1) is 0 Å². The first-order valence-electron chi connectivity index (χ1n) is 6.09. The molecule has 2 rings (SSSR count). The first kappa shape index (κ1) is 15.1. The van der Waals surface area contributed by atoms with Gasteiger partial charge in [0.05, 0.1) is 30.7 Å². The van der Waals surface area contributed by atoms with E-state index >= 15 is 0 Å². The minimum absolute atomic E-state index is 0.0547. The third kappa shape index (κ3) is 4.39. The van der Waals surface area contributed by atoms with E-state index in [1.54, 1.807) is 17.8 Å². The Morgan fingerprint density at radius 1 is 1.40 bits per heavy atom. The summed E-state index contributed by atoms with van der Waals surface area (Å²) in [5.74, 6) is 0.0547. The van der Waals surface area contributed by atoms with Crippen molar-refractivity contribution in [2.24, 2.45) is 0 Å². The molecule has 8 heteroatoms. The maximum absolute atomic E-state index is 11.3. The molecule has 0 saturated heterocycles. The molecular formula is C12H15BrN4O2S. The summed E-state index contributed by atoms with van der Waals surface area (Å²) in [5.41, 5.74) is 1.68. The SMILES string of the molecule is CCS(=O)(=O)NCc1cn(Cc2cccc(Br)c2)nn1. The van der Waals surface area contributed by atoms with Crippen LogP contribution in [0.1, 0.15) is 18.2 Å². The predicted octanol–water partition coefficient (Wildman–Crippen LogP) is 1.53. The third-order valence-electron chi connectivity index (χ3n) is 2.67. The highest BCUT2D eigenvalue weighted by molar-refractivity contribution is 9.10. The molecule has 0 aliphatic rings. The molecule has 1 heterocycles. The number of nitrogens with zero attached hydrogens (tertiary/aromatic N) is 3. The van der Waals surface area contributed by atoms with Gasteiger partial charge in [-0.2, -0.15) is 0 Å². The summed E-state index contributed by atoms with van der Waals surface area (Å²) in [6.45, 7) is 2.34. The van der Waals surface area contributed by atoms with E-state index in [1.165, 1.54) is 0 Å². The Kier molecular flexibility index (Phi) is 4.90. The van der Waals surface area contributed by atoms with Crippen LogP contribution in [0.4, 0.5) is 0 Å². The fraction of sp³-hybridized carbons (Fsp3) is 0.333. The zero-order chi connectivity index (χ0) is 14.6. The highest BCUT2D eigenvalue weighted by Crippen LogP contribution is 2.12. The van der Waals surface area contributed by atoms with Crippen LogP contribution in [0.3, 0.4) is 0 Å². The van der Waals surface area contributed by atoms with Gasteiger partial charge in [-0.1, -0.05) is 33.3 Å². The molecule has 0 aliphatic carbocycles. The van der Waals surface area contributed by atoms with Crippen LogP contribution in [-0.4, -0.2) is 29.2 Å².